The Balaban J connectivity index is 2.47. The van der Waals surface area contributed by atoms with Crippen LogP contribution in [0, 0.1) is 0 Å². The monoisotopic (exact) mass is 237 g/mol. The van der Waals surface area contributed by atoms with Gasteiger partial charge >= 0.3 is 0 Å². The highest BCUT2D eigenvalue weighted by Gasteiger charge is 2.17. The third kappa shape index (κ3) is 3.84. The van der Waals surface area contributed by atoms with Gasteiger partial charge in [-0.25, -0.2) is 5.48 Å². The van der Waals surface area contributed by atoms with Gasteiger partial charge in [0, 0.05) is 20.3 Å². The summed E-state index contributed by atoms with van der Waals surface area (Å²) in [5.41, 5.74) is 2.42. The Morgan fingerprint density at radius 3 is 2.65 bits per heavy atom. The fourth-order valence-electron chi connectivity index (χ4n) is 1.11. The molecule has 0 fully saturated rings. The Labute approximate surface area is 99.5 Å². The number of carbonyl (C=O) groups excluding carboxylic acids is 2. The minimum atomic E-state index is -0.738. The highest BCUT2D eigenvalue weighted by atomic mass is 16.7. The quantitative estimate of drug-likeness (QED) is 0.760. The fraction of sp³-hybridized carbons (Fsp3) is 0.364. The number of carbonyl (C=O) groups is 2. The van der Waals surface area contributed by atoms with Gasteiger partial charge in [-0.05, 0) is 19.1 Å². The normalized spacial score (nSPS) is 11.7. The van der Waals surface area contributed by atoms with Gasteiger partial charge in [-0.1, -0.05) is 6.07 Å². The predicted octanol–water partition coefficient (Wildman–Crippen LogP) is 0.220. The van der Waals surface area contributed by atoms with Crippen molar-refractivity contribution in [3.63, 3.8) is 0 Å². The Bertz CT molecular complexity index is 392. The van der Waals surface area contributed by atoms with Crippen molar-refractivity contribution in [3.8, 4) is 0 Å². The first-order valence-corrected chi connectivity index (χ1v) is 5.10. The van der Waals surface area contributed by atoms with Gasteiger partial charge in [0.15, 0.2) is 6.10 Å². The van der Waals surface area contributed by atoms with Gasteiger partial charge in [0.25, 0.3) is 11.8 Å². The first-order valence-electron chi connectivity index (χ1n) is 5.10. The molecule has 1 aromatic rings. The Morgan fingerprint density at radius 1 is 1.41 bits per heavy atom. The van der Waals surface area contributed by atoms with Crippen LogP contribution in [0.4, 0.5) is 0 Å². The van der Waals surface area contributed by atoms with Crippen LogP contribution < -0.4 is 5.48 Å². The SMILES string of the molecule is CC(ONC(=O)c1ccccn1)C(=O)N(C)C. The van der Waals surface area contributed by atoms with Crippen LogP contribution in [0.2, 0.25) is 0 Å². The van der Waals surface area contributed by atoms with Gasteiger partial charge in [0.1, 0.15) is 5.69 Å². The van der Waals surface area contributed by atoms with Crippen molar-refractivity contribution in [1.82, 2.24) is 15.4 Å². The van der Waals surface area contributed by atoms with Crippen LogP contribution >= 0.6 is 0 Å². The van der Waals surface area contributed by atoms with E-state index in [0.29, 0.717) is 0 Å². The number of likely N-dealkylation sites (N-methyl/N-ethyl adjacent to an activating group) is 1. The third-order valence-electron chi connectivity index (χ3n) is 2.01. The fourth-order valence-corrected chi connectivity index (χ4v) is 1.11. The van der Waals surface area contributed by atoms with Crippen LogP contribution in [-0.2, 0) is 9.63 Å². The number of pyridine rings is 1. The van der Waals surface area contributed by atoms with Crippen LogP contribution in [0.25, 0.3) is 0 Å². The molecule has 1 atom stereocenters. The van der Waals surface area contributed by atoms with Crippen LogP contribution in [0.3, 0.4) is 0 Å². The lowest BCUT2D eigenvalue weighted by molar-refractivity contribution is -0.143. The lowest BCUT2D eigenvalue weighted by atomic mass is 10.3. The third-order valence-corrected chi connectivity index (χ3v) is 2.01. The molecule has 1 unspecified atom stereocenters. The van der Waals surface area contributed by atoms with Crippen molar-refractivity contribution >= 4 is 11.8 Å². The zero-order valence-corrected chi connectivity index (χ0v) is 10.0. The predicted molar refractivity (Wildman–Crippen MR) is 60.9 cm³/mol. The molecule has 0 aromatic carbocycles. The van der Waals surface area contributed by atoms with Crippen LogP contribution in [0.1, 0.15) is 17.4 Å². The molecular formula is C11H15N3O3. The highest BCUT2D eigenvalue weighted by Crippen LogP contribution is 1.96. The molecule has 0 bridgehead atoms. The number of hydroxylamine groups is 1. The molecule has 1 rings (SSSR count). The number of amides is 2. The first-order chi connectivity index (χ1) is 8.02. The molecule has 1 aromatic heterocycles. The summed E-state index contributed by atoms with van der Waals surface area (Å²) >= 11 is 0. The van der Waals surface area contributed by atoms with E-state index >= 15 is 0 Å². The average Bonchev–Trinajstić information content (AvgIpc) is 2.35. The second-order valence-electron chi connectivity index (χ2n) is 3.64. The van der Waals surface area contributed by atoms with E-state index in [1.54, 1.807) is 39.2 Å². The zero-order valence-electron chi connectivity index (χ0n) is 10.0. The second kappa shape index (κ2) is 5.95. The first kappa shape index (κ1) is 13.1. The summed E-state index contributed by atoms with van der Waals surface area (Å²) in [6.07, 6.45) is 0.765. The molecule has 17 heavy (non-hydrogen) atoms. The summed E-state index contributed by atoms with van der Waals surface area (Å²) in [6.45, 7) is 1.56. The highest BCUT2D eigenvalue weighted by molar-refractivity contribution is 5.91. The minimum absolute atomic E-state index is 0.230. The molecule has 6 nitrogen and oxygen atoms in total. The largest absolute Gasteiger partial charge is 0.346 e. The van der Waals surface area contributed by atoms with E-state index in [0.717, 1.165) is 0 Å². The summed E-state index contributed by atoms with van der Waals surface area (Å²) in [6, 6.07) is 4.95. The van der Waals surface area contributed by atoms with Crippen molar-refractivity contribution in [1.29, 1.82) is 0 Å². The molecule has 1 heterocycles. The second-order valence-corrected chi connectivity index (χ2v) is 3.64. The average molecular weight is 237 g/mol. The van der Waals surface area contributed by atoms with Gasteiger partial charge in [0.2, 0.25) is 0 Å². The summed E-state index contributed by atoms with van der Waals surface area (Å²) in [4.78, 5) is 33.1. The lowest BCUT2D eigenvalue weighted by Crippen LogP contribution is -2.38. The summed E-state index contributed by atoms with van der Waals surface area (Å²) in [5, 5.41) is 0. The number of rotatable bonds is 4. The zero-order chi connectivity index (χ0) is 12.8. The van der Waals surface area contributed by atoms with Crippen molar-refractivity contribution in [2.24, 2.45) is 0 Å². The molecule has 0 spiro atoms. The van der Waals surface area contributed by atoms with E-state index in [2.05, 4.69) is 10.5 Å². The summed E-state index contributed by atoms with van der Waals surface area (Å²) in [7, 11) is 3.23. The molecule has 92 valence electrons. The molecule has 0 aliphatic heterocycles. The molecule has 2 amide bonds. The number of aromatic nitrogens is 1. The van der Waals surface area contributed by atoms with Crippen LogP contribution in [0.15, 0.2) is 24.4 Å². The lowest BCUT2D eigenvalue weighted by Gasteiger charge is -2.16. The van der Waals surface area contributed by atoms with E-state index in [1.165, 1.54) is 11.1 Å². The molecule has 0 aliphatic carbocycles. The van der Waals surface area contributed by atoms with Crippen molar-refractivity contribution in [2.45, 2.75) is 13.0 Å². The van der Waals surface area contributed by atoms with Gasteiger partial charge in [0.05, 0.1) is 0 Å². The molecule has 1 N–H and O–H groups in total. The van der Waals surface area contributed by atoms with Gasteiger partial charge < -0.3 is 4.90 Å². The standard InChI is InChI=1S/C11H15N3O3/c1-8(11(16)14(2)3)17-13-10(15)9-6-4-5-7-12-9/h4-8H,1-3H3,(H,13,15). The Hall–Kier alpha value is -1.95. The van der Waals surface area contributed by atoms with E-state index in [9.17, 15) is 9.59 Å². The molecule has 6 heteroatoms. The topological polar surface area (TPSA) is 71.5 Å². The van der Waals surface area contributed by atoms with Crippen molar-refractivity contribution in [2.75, 3.05) is 14.1 Å². The maximum Gasteiger partial charge on any atom is 0.293 e. The minimum Gasteiger partial charge on any atom is -0.346 e. The maximum absolute atomic E-state index is 11.5. The summed E-state index contributed by atoms with van der Waals surface area (Å²) in [5.74, 6) is -0.713. The van der Waals surface area contributed by atoms with E-state index in [1.807, 2.05) is 0 Å². The molecular weight excluding hydrogens is 222 g/mol. The van der Waals surface area contributed by atoms with E-state index < -0.39 is 12.0 Å². The molecule has 0 saturated carbocycles. The number of hydrogen-bond donors (Lipinski definition) is 1. The van der Waals surface area contributed by atoms with Gasteiger partial charge in [-0.3, -0.25) is 19.4 Å². The maximum atomic E-state index is 11.5. The van der Waals surface area contributed by atoms with E-state index in [-0.39, 0.29) is 11.6 Å². The van der Waals surface area contributed by atoms with Crippen molar-refractivity contribution < 1.29 is 14.4 Å². The molecule has 0 saturated heterocycles. The smallest absolute Gasteiger partial charge is 0.293 e. The summed E-state index contributed by atoms with van der Waals surface area (Å²) < 4.78 is 0. The van der Waals surface area contributed by atoms with Crippen LogP contribution in [-0.4, -0.2) is 41.9 Å². The van der Waals surface area contributed by atoms with Gasteiger partial charge in [-0.2, -0.15) is 0 Å². The van der Waals surface area contributed by atoms with Crippen LogP contribution in [0.5, 0.6) is 0 Å². The Kier molecular flexibility index (Phi) is 4.59. The number of nitrogens with zero attached hydrogens (tertiary/aromatic N) is 2. The Morgan fingerprint density at radius 2 is 2.12 bits per heavy atom. The number of hydrogen-bond acceptors (Lipinski definition) is 4. The van der Waals surface area contributed by atoms with Gasteiger partial charge in [-0.15, -0.1) is 0 Å². The molecule has 0 radical (unpaired) electrons. The van der Waals surface area contributed by atoms with Crippen molar-refractivity contribution in [3.05, 3.63) is 30.1 Å². The molecule has 0 aliphatic rings. The van der Waals surface area contributed by atoms with E-state index in [4.69, 9.17) is 4.84 Å². The number of nitrogens with one attached hydrogen (secondary N) is 1.